The van der Waals surface area contributed by atoms with Crippen molar-refractivity contribution in [2.45, 2.75) is 26.7 Å². The Balaban J connectivity index is 2.55. The summed E-state index contributed by atoms with van der Waals surface area (Å²) in [6, 6.07) is 6.72. The van der Waals surface area contributed by atoms with Gasteiger partial charge in [-0.25, -0.2) is 0 Å². The van der Waals surface area contributed by atoms with Gasteiger partial charge >= 0.3 is 0 Å². The van der Waals surface area contributed by atoms with Crippen molar-refractivity contribution < 1.29 is 9.66 Å². The molecule has 1 aromatic rings. The molecule has 0 atom stereocenters. The number of nitrogens with zero attached hydrogens (tertiary/aromatic N) is 2. The predicted molar refractivity (Wildman–Crippen MR) is 74.9 cm³/mol. The summed E-state index contributed by atoms with van der Waals surface area (Å²) in [4.78, 5) is 10.2. The average molecular weight is 327 g/mol. The van der Waals surface area contributed by atoms with Gasteiger partial charge in [0.15, 0.2) is 0 Å². The summed E-state index contributed by atoms with van der Waals surface area (Å²) < 4.78 is 6.08. The van der Waals surface area contributed by atoms with Gasteiger partial charge in [0, 0.05) is 10.5 Å². The minimum absolute atomic E-state index is 0.0123. The number of hydrogen-bond acceptors (Lipinski definition) is 4. The van der Waals surface area contributed by atoms with Crippen LogP contribution in [0.25, 0.3) is 0 Å². The standard InChI is InChI=1S/C13H15BrN2O3/c1-13(2,9-15)4-3-5-19-12-7-10(14)6-11(8-12)16(17)18/h6-8H,3-5H2,1-2H3. The number of hydrogen-bond donors (Lipinski definition) is 0. The summed E-state index contributed by atoms with van der Waals surface area (Å²) >= 11 is 3.21. The van der Waals surface area contributed by atoms with E-state index in [0.29, 0.717) is 16.8 Å². The molecule has 0 bridgehead atoms. The first-order chi connectivity index (χ1) is 8.84. The van der Waals surface area contributed by atoms with E-state index in [-0.39, 0.29) is 11.1 Å². The molecular weight excluding hydrogens is 312 g/mol. The van der Waals surface area contributed by atoms with Crippen LogP contribution in [0.1, 0.15) is 26.7 Å². The molecule has 1 rings (SSSR count). The first-order valence-electron chi connectivity index (χ1n) is 5.83. The molecule has 0 aromatic heterocycles. The van der Waals surface area contributed by atoms with Gasteiger partial charge in [-0.3, -0.25) is 10.1 Å². The fourth-order valence-corrected chi connectivity index (χ4v) is 1.96. The van der Waals surface area contributed by atoms with Crippen LogP contribution in [0.15, 0.2) is 22.7 Å². The molecule has 0 N–H and O–H groups in total. The maximum Gasteiger partial charge on any atom is 0.274 e. The third-order valence-corrected chi connectivity index (χ3v) is 3.04. The lowest BCUT2D eigenvalue weighted by Gasteiger charge is -2.14. The molecule has 0 spiro atoms. The number of non-ortho nitro benzene ring substituents is 1. The number of benzene rings is 1. The molecule has 0 radical (unpaired) electrons. The van der Waals surface area contributed by atoms with E-state index < -0.39 is 4.92 Å². The molecule has 19 heavy (non-hydrogen) atoms. The summed E-state index contributed by atoms with van der Waals surface area (Å²) in [5.74, 6) is 0.454. The second-order valence-corrected chi connectivity index (χ2v) is 5.77. The summed E-state index contributed by atoms with van der Waals surface area (Å²) in [6.45, 7) is 4.17. The van der Waals surface area contributed by atoms with E-state index >= 15 is 0 Å². The molecule has 0 saturated heterocycles. The number of nitro groups is 1. The van der Waals surface area contributed by atoms with Gasteiger partial charge in [-0.15, -0.1) is 0 Å². The highest BCUT2D eigenvalue weighted by molar-refractivity contribution is 9.10. The largest absolute Gasteiger partial charge is 0.493 e. The number of nitro benzene ring substituents is 1. The van der Waals surface area contributed by atoms with Crippen molar-refractivity contribution in [1.29, 1.82) is 5.26 Å². The minimum Gasteiger partial charge on any atom is -0.493 e. The van der Waals surface area contributed by atoms with E-state index in [4.69, 9.17) is 10.00 Å². The van der Waals surface area contributed by atoms with Gasteiger partial charge in [-0.1, -0.05) is 15.9 Å². The Morgan fingerprint density at radius 2 is 2.16 bits per heavy atom. The fraction of sp³-hybridized carbons (Fsp3) is 0.462. The van der Waals surface area contributed by atoms with Crippen LogP contribution in [0.3, 0.4) is 0 Å². The molecule has 0 aliphatic heterocycles. The van der Waals surface area contributed by atoms with Gasteiger partial charge in [0.1, 0.15) is 5.75 Å². The predicted octanol–water partition coefficient (Wildman–Crippen LogP) is 4.07. The normalized spacial score (nSPS) is 10.8. The van der Waals surface area contributed by atoms with Gasteiger partial charge in [0.2, 0.25) is 0 Å². The van der Waals surface area contributed by atoms with Crippen LogP contribution in [0.4, 0.5) is 5.69 Å². The second kappa shape index (κ2) is 6.53. The Morgan fingerprint density at radius 3 is 2.74 bits per heavy atom. The zero-order valence-corrected chi connectivity index (χ0v) is 12.4. The van der Waals surface area contributed by atoms with Crippen LogP contribution in [-0.2, 0) is 0 Å². The molecule has 0 amide bonds. The summed E-state index contributed by atoms with van der Waals surface area (Å²) in [6.07, 6.45) is 1.44. The minimum atomic E-state index is -0.462. The quantitative estimate of drug-likeness (QED) is 0.448. The lowest BCUT2D eigenvalue weighted by molar-refractivity contribution is -0.385. The Hall–Kier alpha value is -1.61. The Labute approximate surface area is 120 Å². The van der Waals surface area contributed by atoms with E-state index in [2.05, 4.69) is 22.0 Å². The molecule has 0 unspecified atom stereocenters. The van der Waals surface area contributed by atoms with E-state index in [1.165, 1.54) is 12.1 Å². The zero-order chi connectivity index (χ0) is 14.5. The van der Waals surface area contributed by atoms with Crippen LogP contribution in [-0.4, -0.2) is 11.5 Å². The first kappa shape index (κ1) is 15.4. The SMILES string of the molecule is CC(C)(C#N)CCCOc1cc(Br)cc([N+](=O)[O-])c1. The van der Waals surface area contributed by atoms with Gasteiger partial charge in [0.05, 0.1) is 29.1 Å². The Morgan fingerprint density at radius 1 is 1.47 bits per heavy atom. The average Bonchev–Trinajstić information content (AvgIpc) is 2.34. The van der Waals surface area contributed by atoms with Crippen LogP contribution in [0.2, 0.25) is 0 Å². The smallest absolute Gasteiger partial charge is 0.274 e. The molecule has 102 valence electrons. The topological polar surface area (TPSA) is 76.2 Å². The van der Waals surface area contributed by atoms with E-state index in [0.717, 1.165) is 12.8 Å². The van der Waals surface area contributed by atoms with Crippen molar-refractivity contribution in [3.05, 3.63) is 32.8 Å². The second-order valence-electron chi connectivity index (χ2n) is 4.85. The molecule has 0 saturated carbocycles. The lowest BCUT2D eigenvalue weighted by Crippen LogP contribution is -2.10. The number of nitriles is 1. The van der Waals surface area contributed by atoms with Crippen LogP contribution in [0.5, 0.6) is 5.75 Å². The zero-order valence-electron chi connectivity index (χ0n) is 10.9. The molecule has 0 aliphatic carbocycles. The third kappa shape index (κ3) is 5.26. The van der Waals surface area contributed by atoms with Crippen molar-refractivity contribution >= 4 is 21.6 Å². The van der Waals surface area contributed by atoms with Crippen molar-refractivity contribution in [3.8, 4) is 11.8 Å². The van der Waals surface area contributed by atoms with Crippen molar-refractivity contribution in [2.24, 2.45) is 5.41 Å². The Bertz CT molecular complexity index is 509. The summed E-state index contributed by atoms with van der Waals surface area (Å²) in [7, 11) is 0. The molecular formula is C13H15BrN2O3. The molecule has 0 fully saturated rings. The van der Waals surface area contributed by atoms with Crippen LogP contribution >= 0.6 is 15.9 Å². The first-order valence-corrected chi connectivity index (χ1v) is 6.62. The molecule has 6 heteroatoms. The number of ether oxygens (including phenoxy) is 1. The maximum atomic E-state index is 10.7. The van der Waals surface area contributed by atoms with Gasteiger partial charge in [0.25, 0.3) is 5.69 Å². The highest BCUT2D eigenvalue weighted by atomic mass is 79.9. The highest BCUT2D eigenvalue weighted by Gasteiger charge is 2.16. The van der Waals surface area contributed by atoms with Crippen LogP contribution < -0.4 is 4.74 Å². The van der Waals surface area contributed by atoms with Crippen molar-refractivity contribution in [2.75, 3.05) is 6.61 Å². The number of rotatable bonds is 6. The van der Waals surface area contributed by atoms with E-state index in [9.17, 15) is 10.1 Å². The number of halogens is 1. The summed E-state index contributed by atoms with van der Waals surface area (Å²) in [5, 5.41) is 19.6. The van der Waals surface area contributed by atoms with Gasteiger partial charge in [-0.05, 0) is 32.8 Å². The molecule has 0 aliphatic rings. The third-order valence-electron chi connectivity index (χ3n) is 2.58. The highest BCUT2D eigenvalue weighted by Crippen LogP contribution is 2.27. The maximum absolute atomic E-state index is 10.7. The van der Waals surface area contributed by atoms with Crippen molar-refractivity contribution in [3.63, 3.8) is 0 Å². The van der Waals surface area contributed by atoms with Crippen molar-refractivity contribution in [1.82, 2.24) is 0 Å². The van der Waals surface area contributed by atoms with Gasteiger partial charge < -0.3 is 4.74 Å². The summed E-state index contributed by atoms with van der Waals surface area (Å²) in [5.41, 5.74) is -0.381. The monoisotopic (exact) mass is 326 g/mol. The van der Waals surface area contributed by atoms with E-state index in [1.807, 2.05) is 13.8 Å². The van der Waals surface area contributed by atoms with Crippen LogP contribution in [0, 0.1) is 26.9 Å². The Kier molecular flexibility index (Phi) is 5.31. The molecule has 1 aromatic carbocycles. The van der Waals surface area contributed by atoms with E-state index in [1.54, 1.807) is 6.07 Å². The lowest BCUT2D eigenvalue weighted by atomic mass is 9.90. The van der Waals surface area contributed by atoms with Gasteiger partial charge in [-0.2, -0.15) is 5.26 Å². The molecule has 5 nitrogen and oxygen atoms in total. The fourth-order valence-electron chi connectivity index (χ4n) is 1.50. The molecule has 0 heterocycles.